The van der Waals surface area contributed by atoms with Crippen LogP contribution in [0, 0.1) is 21.3 Å². The van der Waals surface area contributed by atoms with E-state index in [0.29, 0.717) is 0 Å². The molecule has 0 aliphatic rings. The van der Waals surface area contributed by atoms with Crippen LogP contribution in [0.2, 0.25) is 0 Å². The van der Waals surface area contributed by atoms with Crippen LogP contribution >= 0.6 is 12.4 Å². The van der Waals surface area contributed by atoms with Gasteiger partial charge in [-0.2, -0.15) is 0 Å². The van der Waals surface area contributed by atoms with Crippen LogP contribution in [0.25, 0.3) is 5.73 Å². The van der Waals surface area contributed by atoms with Crippen molar-refractivity contribution in [2.75, 3.05) is 0 Å². The van der Waals surface area contributed by atoms with Crippen LogP contribution in [-0.4, -0.2) is 16.5 Å². The number of benzene rings is 2. The molecule has 0 amide bonds. The van der Waals surface area contributed by atoms with Crippen LogP contribution in [-0.2, 0) is 21.7 Å². The van der Waals surface area contributed by atoms with Crippen molar-refractivity contribution in [1.82, 2.24) is 0 Å². The molecule has 0 saturated carbocycles. The third-order valence-electron chi connectivity index (χ3n) is 1.93. The Labute approximate surface area is 169 Å². The average molecular weight is 386 g/mol. The van der Waals surface area contributed by atoms with Gasteiger partial charge in [0.1, 0.15) is 0 Å². The van der Waals surface area contributed by atoms with E-state index in [1.807, 2.05) is 32.9 Å². The molecular weight excluding hydrogens is 354 g/mol. The van der Waals surface area contributed by atoms with Crippen LogP contribution in [0.1, 0.15) is 31.9 Å². The van der Waals surface area contributed by atoms with Gasteiger partial charge >= 0.3 is 21.7 Å². The minimum absolute atomic E-state index is 0. The SMILES string of the molecule is CC(C)(C)[NH-].Cl.[CH3-].[CH3-].[SiH4].[Ti+4].c1ccc([CH-]c2ccccc2)cc1. The summed E-state index contributed by atoms with van der Waals surface area (Å²) in [4.78, 5) is 0. The molecule has 0 unspecified atom stereocenters. The smallest absolute Gasteiger partial charge is 0.673 e. The molecule has 23 heavy (non-hydrogen) atoms. The summed E-state index contributed by atoms with van der Waals surface area (Å²) in [5.41, 5.74) is 9.18. The van der Waals surface area contributed by atoms with E-state index in [2.05, 4.69) is 55.0 Å². The summed E-state index contributed by atoms with van der Waals surface area (Å²) in [6, 6.07) is 20.7. The molecule has 0 saturated heterocycles. The van der Waals surface area contributed by atoms with E-state index in [1.165, 1.54) is 11.1 Å². The standard InChI is InChI=1S/C13H11.C4H10N.2CH3.ClH.H4Si.Ti/c1-3-7-12(8-4-1)11-13-9-5-2-6-10-13;1-4(2,3)5;;;;;/h1-11H;5H,1-3H3;2*1H3;1H;1H4;/q4*-1;;;+4. The van der Waals surface area contributed by atoms with E-state index >= 15 is 0 Å². The van der Waals surface area contributed by atoms with E-state index < -0.39 is 0 Å². The third kappa shape index (κ3) is 21.5. The Morgan fingerprint density at radius 3 is 1.17 bits per heavy atom. The molecule has 2 aromatic rings. The number of rotatable bonds is 2. The first-order valence-corrected chi connectivity index (χ1v) is 6.15. The molecule has 0 aromatic heterocycles. The molecule has 2 rings (SSSR count). The second-order valence-electron chi connectivity index (χ2n) is 5.22. The van der Waals surface area contributed by atoms with Crippen molar-refractivity contribution in [3.8, 4) is 0 Å². The molecule has 4 heteroatoms. The van der Waals surface area contributed by atoms with Crippen molar-refractivity contribution in [3.05, 3.63) is 98.8 Å². The van der Waals surface area contributed by atoms with E-state index in [-0.39, 0.29) is 65.5 Å². The van der Waals surface area contributed by atoms with Crippen LogP contribution in [0.3, 0.4) is 0 Å². The molecule has 0 radical (unpaired) electrons. The normalized spacial score (nSPS) is 8.00. The average Bonchev–Trinajstić information content (AvgIpc) is 2.29. The first-order chi connectivity index (χ1) is 8.45. The van der Waals surface area contributed by atoms with Crippen molar-refractivity contribution in [1.29, 1.82) is 0 Å². The summed E-state index contributed by atoms with van der Waals surface area (Å²) in [7, 11) is 0. The van der Waals surface area contributed by atoms with Crippen LogP contribution in [0.15, 0.2) is 60.7 Å². The van der Waals surface area contributed by atoms with Gasteiger partial charge < -0.3 is 20.6 Å². The molecule has 0 fully saturated rings. The zero-order valence-electron chi connectivity index (χ0n) is 14.3. The van der Waals surface area contributed by atoms with E-state index in [1.54, 1.807) is 0 Å². The summed E-state index contributed by atoms with van der Waals surface area (Å²) in [6.45, 7) is 5.56. The molecule has 0 aliphatic carbocycles. The molecule has 128 valence electrons. The van der Waals surface area contributed by atoms with Gasteiger partial charge in [0.2, 0.25) is 0 Å². The Kier molecular flexibility index (Phi) is 26.3. The van der Waals surface area contributed by atoms with Crippen molar-refractivity contribution in [2.24, 2.45) is 0 Å². The molecule has 0 aliphatic heterocycles. The molecule has 0 bridgehead atoms. The van der Waals surface area contributed by atoms with Gasteiger partial charge in [0.05, 0.1) is 0 Å². The minimum Gasteiger partial charge on any atom is -0.673 e. The van der Waals surface area contributed by atoms with Crippen LogP contribution in [0.5, 0.6) is 0 Å². The number of hydrogen-bond donors (Lipinski definition) is 0. The van der Waals surface area contributed by atoms with E-state index in [0.717, 1.165) is 0 Å². The molecule has 2 aromatic carbocycles. The molecule has 0 heterocycles. The van der Waals surface area contributed by atoms with Gasteiger partial charge in [0, 0.05) is 0 Å². The Balaban J connectivity index is -0.0000000973. The third-order valence-corrected chi connectivity index (χ3v) is 1.93. The summed E-state index contributed by atoms with van der Waals surface area (Å²) in [6.07, 6.45) is 2.17. The van der Waals surface area contributed by atoms with Crippen LogP contribution < -0.4 is 0 Å². The second kappa shape index (κ2) is 17.8. The van der Waals surface area contributed by atoms with Gasteiger partial charge in [-0.25, -0.2) is 0 Å². The van der Waals surface area contributed by atoms with Crippen molar-refractivity contribution >= 4 is 23.4 Å². The molecular formula is C19H32ClNSiTi. The number of hydrogen-bond acceptors (Lipinski definition) is 0. The van der Waals surface area contributed by atoms with Gasteiger partial charge in [-0.1, -0.05) is 57.2 Å². The van der Waals surface area contributed by atoms with Crippen LogP contribution in [0.4, 0.5) is 0 Å². The first-order valence-electron chi connectivity index (χ1n) is 6.15. The Hall–Kier alpha value is -0.509. The van der Waals surface area contributed by atoms with E-state index in [4.69, 9.17) is 5.73 Å². The predicted molar refractivity (Wildman–Crippen MR) is 111 cm³/mol. The maximum Gasteiger partial charge on any atom is 4.00 e. The first kappa shape index (κ1) is 34.0. The van der Waals surface area contributed by atoms with Gasteiger partial charge in [0.25, 0.3) is 0 Å². The largest absolute Gasteiger partial charge is 4.00 e. The molecule has 1 nitrogen and oxygen atoms in total. The maximum atomic E-state index is 6.94. The van der Waals surface area contributed by atoms with Crippen molar-refractivity contribution in [3.63, 3.8) is 0 Å². The maximum absolute atomic E-state index is 6.94. The van der Waals surface area contributed by atoms with Gasteiger partial charge in [0.15, 0.2) is 0 Å². The fourth-order valence-corrected chi connectivity index (χ4v) is 1.29. The monoisotopic (exact) mass is 385 g/mol. The minimum atomic E-state index is -0.250. The van der Waals surface area contributed by atoms with Gasteiger partial charge in [-0.3, -0.25) is 0 Å². The Morgan fingerprint density at radius 2 is 0.957 bits per heavy atom. The topological polar surface area (TPSA) is 23.8 Å². The van der Waals surface area contributed by atoms with Crippen molar-refractivity contribution in [2.45, 2.75) is 26.3 Å². The summed E-state index contributed by atoms with van der Waals surface area (Å²) < 4.78 is 0. The second-order valence-corrected chi connectivity index (χ2v) is 5.22. The zero-order valence-corrected chi connectivity index (χ0v) is 16.6. The van der Waals surface area contributed by atoms with E-state index in [9.17, 15) is 0 Å². The number of nitrogens with one attached hydrogen (secondary N) is 1. The van der Waals surface area contributed by atoms with Gasteiger partial charge in [-0.15, -0.1) is 59.8 Å². The Bertz CT molecular complexity index is 400. The molecule has 0 spiro atoms. The fraction of sp³-hybridized carbons (Fsp3) is 0.211. The summed E-state index contributed by atoms with van der Waals surface area (Å²) >= 11 is 0. The predicted octanol–water partition coefficient (Wildman–Crippen LogP) is 4.99. The quantitative estimate of drug-likeness (QED) is 0.513. The molecule has 0 atom stereocenters. The summed E-state index contributed by atoms with van der Waals surface area (Å²) in [5, 5.41) is 0. The van der Waals surface area contributed by atoms with Crippen molar-refractivity contribution < 1.29 is 21.7 Å². The fourth-order valence-electron chi connectivity index (χ4n) is 1.29. The Morgan fingerprint density at radius 1 is 0.739 bits per heavy atom. The van der Waals surface area contributed by atoms with Gasteiger partial charge in [-0.05, 0) is 11.0 Å². The zero-order chi connectivity index (χ0) is 13.4. The summed E-state index contributed by atoms with van der Waals surface area (Å²) in [5.74, 6) is 0. The molecule has 1 N–H and O–H groups in total. The number of halogens is 1.